The number of halogens is 1. The average Bonchev–Trinajstić information content (AvgIpc) is 3.25. The fraction of sp³-hybridized carbons (Fsp3) is 0.240. The van der Waals surface area contributed by atoms with E-state index in [-0.39, 0.29) is 28.9 Å². The predicted octanol–water partition coefficient (Wildman–Crippen LogP) is 4.25. The fourth-order valence-electron chi connectivity index (χ4n) is 3.60. The molecular weight excluding hydrogens is 518 g/mol. The van der Waals surface area contributed by atoms with Gasteiger partial charge in [0.05, 0.1) is 41.8 Å². The van der Waals surface area contributed by atoms with Gasteiger partial charge in [0.1, 0.15) is 10.6 Å². The largest absolute Gasteiger partial charge is 0.497 e. The molecule has 1 amide bonds. The van der Waals surface area contributed by atoms with Crippen LogP contribution in [0.3, 0.4) is 0 Å². The Morgan fingerprint density at radius 1 is 1.14 bits per heavy atom. The third-order valence-electron chi connectivity index (χ3n) is 5.60. The molecule has 0 atom stereocenters. The van der Waals surface area contributed by atoms with Crippen LogP contribution in [0, 0.1) is 6.92 Å². The molecule has 0 saturated carbocycles. The molecular formula is C25H26ClN5O5S. The molecule has 0 radical (unpaired) electrons. The molecule has 0 aliphatic heterocycles. The number of methoxy groups -OCH3 is 1. The number of amides is 1. The molecule has 0 aliphatic carbocycles. The van der Waals surface area contributed by atoms with Crippen molar-refractivity contribution < 1.29 is 22.7 Å². The van der Waals surface area contributed by atoms with E-state index in [1.807, 2.05) is 13.0 Å². The van der Waals surface area contributed by atoms with Crippen LogP contribution in [0.15, 0.2) is 53.4 Å². The number of anilines is 1. The lowest BCUT2D eigenvalue weighted by Gasteiger charge is -2.13. The summed E-state index contributed by atoms with van der Waals surface area (Å²) in [5, 5.41) is 8.08. The van der Waals surface area contributed by atoms with Crippen molar-refractivity contribution in [3.63, 3.8) is 0 Å². The Kier molecular flexibility index (Phi) is 7.55. The Balaban J connectivity index is 1.58. The first-order chi connectivity index (χ1) is 17.6. The van der Waals surface area contributed by atoms with E-state index in [2.05, 4.69) is 19.9 Å². The van der Waals surface area contributed by atoms with E-state index in [0.717, 1.165) is 16.6 Å². The maximum absolute atomic E-state index is 12.9. The first-order valence-electron chi connectivity index (χ1n) is 11.2. The number of pyridine rings is 1. The maximum atomic E-state index is 12.9. The van der Waals surface area contributed by atoms with Crippen molar-refractivity contribution in [2.75, 3.05) is 32.5 Å². The van der Waals surface area contributed by atoms with Crippen molar-refractivity contribution in [3.8, 4) is 22.9 Å². The highest BCUT2D eigenvalue weighted by Crippen LogP contribution is 2.32. The number of carbonyl (C=O) groups is 1. The molecule has 0 fully saturated rings. The minimum atomic E-state index is -3.95. The Morgan fingerprint density at radius 3 is 2.54 bits per heavy atom. The van der Waals surface area contributed by atoms with Gasteiger partial charge in [0.25, 0.3) is 10.0 Å². The highest BCUT2D eigenvalue weighted by molar-refractivity contribution is 7.92. The second-order valence-electron chi connectivity index (χ2n) is 8.42. The molecule has 10 nitrogen and oxygen atoms in total. The van der Waals surface area contributed by atoms with Crippen molar-refractivity contribution in [2.45, 2.75) is 18.2 Å². The molecule has 2 aromatic carbocycles. The Bertz CT molecular complexity index is 1550. The molecule has 0 saturated heterocycles. The number of fused-ring (bicyclic) bond motifs is 1. The summed E-state index contributed by atoms with van der Waals surface area (Å²) in [6, 6.07) is 12.9. The van der Waals surface area contributed by atoms with Crippen LogP contribution in [-0.4, -0.2) is 62.2 Å². The lowest BCUT2D eigenvalue weighted by Crippen LogP contribution is -2.23. The molecule has 0 bridgehead atoms. The van der Waals surface area contributed by atoms with Crippen LogP contribution < -0.4 is 14.2 Å². The van der Waals surface area contributed by atoms with Crippen LogP contribution in [0.5, 0.6) is 11.6 Å². The number of sulfonamides is 1. The molecule has 194 valence electrons. The highest BCUT2D eigenvalue weighted by Gasteiger charge is 2.20. The van der Waals surface area contributed by atoms with Crippen LogP contribution in [0.1, 0.15) is 12.1 Å². The number of carbonyl (C=O) groups excluding carboxylic acids is 1. The van der Waals surface area contributed by atoms with Crippen molar-refractivity contribution >= 4 is 44.1 Å². The molecule has 37 heavy (non-hydrogen) atoms. The summed E-state index contributed by atoms with van der Waals surface area (Å²) in [5.74, 6) is 0.687. The Morgan fingerprint density at radius 2 is 1.86 bits per heavy atom. The fourth-order valence-corrected chi connectivity index (χ4v) is 5.17. The number of H-pyrrole nitrogens is 1. The molecule has 0 aliphatic rings. The van der Waals surface area contributed by atoms with Crippen LogP contribution in [0.25, 0.3) is 22.2 Å². The van der Waals surface area contributed by atoms with E-state index in [1.165, 1.54) is 24.1 Å². The zero-order chi connectivity index (χ0) is 26.7. The lowest BCUT2D eigenvalue weighted by molar-refractivity contribution is -0.129. The number of ether oxygens (including phenoxy) is 2. The van der Waals surface area contributed by atoms with Gasteiger partial charge in [0, 0.05) is 37.1 Å². The number of hydrogen-bond donors (Lipinski definition) is 2. The number of rotatable bonds is 9. The SMILES string of the molecule is COc1ccc(Cl)c(S(=O)(=O)Nc2ccc(-c3cc4n[nH]c(C)c4c(OCCC(=O)N(C)C)n3)cc2)c1. The molecule has 2 N–H and O–H groups in total. The average molecular weight is 544 g/mol. The monoisotopic (exact) mass is 543 g/mol. The molecule has 2 aromatic heterocycles. The van der Waals surface area contributed by atoms with Crippen molar-refractivity contribution in [3.05, 3.63) is 59.2 Å². The summed E-state index contributed by atoms with van der Waals surface area (Å²) in [5.41, 5.74) is 3.10. The van der Waals surface area contributed by atoms with Crippen molar-refractivity contribution in [2.24, 2.45) is 0 Å². The second kappa shape index (κ2) is 10.7. The van der Waals surface area contributed by atoms with Gasteiger partial charge in [-0.05, 0) is 37.3 Å². The molecule has 2 heterocycles. The third-order valence-corrected chi connectivity index (χ3v) is 7.46. The Hall–Kier alpha value is -3.83. The van der Waals surface area contributed by atoms with Crippen molar-refractivity contribution in [1.29, 1.82) is 0 Å². The topological polar surface area (TPSA) is 127 Å². The van der Waals surface area contributed by atoms with Gasteiger partial charge in [0.2, 0.25) is 11.8 Å². The van der Waals surface area contributed by atoms with E-state index in [4.69, 9.17) is 21.1 Å². The van der Waals surface area contributed by atoms with E-state index >= 15 is 0 Å². The summed E-state index contributed by atoms with van der Waals surface area (Å²) in [4.78, 5) is 18.0. The van der Waals surface area contributed by atoms with Gasteiger partial charge in [-0.3, -0.25) is 14.6 Å². The van der Waals surface area contributed by atoms with Crippen LogP contribution in [-0.2, 0) is 14.8 Å². The van der Waals surface area contributed by atoms with Gasteiger partial charge >= 0.3 is 0 Å². The van der Waals surface area contributed by atoms with Crippen LogP contribution in [0.4, 0.5) is 5.69 Å². The summed E-state index contributed by atoms with van der Waals surface area (Å²) in [6.45, 7) is 2.03. The number of aromatic nitrogens is 3. The van der Waals surface area contributed by atoms with Gasteiger partial charge in [0.15, 0.2) is 0 Å². The van der Waals surface area contributed by atoms with E-state index in [0.29, 0.717) is 28.5 Å². The molecule has 4 aromatic rings. The van der Waals surface area contributed by atoms with Gasteiger partial charge in [-0.25, -0.2) is 13.4 Å². The highest BCUT2D eigenvalue weighted by atomic mass is 35.5. The normalized spacial score (nSPS) is 11.4. The quantitative estimate of drug-likeness (QED) is 0.323. The second-order valence-corrected chi connectivity index (χ2v) is 10.5. The first kappa shape index (κ1) is 26.2. The number of benzene rings is 2. The molecule has 12 heteroatoms. The number of aryl methyl sites for hydroxylation is 1. The lowest BCUT2D eigenvalue weighted by atomic mass is 10.1. The maximum Gasteiger partial charge on any atom is 0.263 e. The number of hydrogen-bond acceptors (Lipinski definition) is 7. The Labute approximate surface area is 219 Å². The van der Waals surface area contributed by atoms with E-state index in [9.17, 15) is 13.2 Å². The van der Waals surface area contributed by atoms with Crippen molar-refractivity contribution in [1.82, 2.24) is 20.1 Å². The molecule has 0 spiro atoms. The summed E-state index contributed by atoms with van der Waals surface area (Å²) < 4.78 is 39.3. The van der Waals surface area contributed by atoms with Gasteiger partial charge in [-0.2, -0.15) is 5.10 Å². The number of aromatic amines is 1. The predicted molar refractivity (Wildman–Crippen MR) is 142 cm³/mol. The van der Waals surface area contributed by atoms with E-state index in [1.54, 1.807) is 44.4 Å². The zero-order valence-electron chi connectivity index (χ0n) is 20.7. The minimum absolute atomic E-state index is 0.0513. The molecule has 0 unspecified atom stereocenters. The standard InChI is InChI=1S/C25H26ClN5O5S/c1-15-24-21(29-28-15)14-20(27-25(24)36-12-11-23(32)31(2)3)16-5-7-17(8-6-16)30-37(33,34)22-13-18(35-4)9-10-19(22)26/h5-10,13-14,30H,11-12H2,1-4H3,(H,28,29). The smallest absolute Gasteiger partial charge is 0.263 e. The first-order valence-corrected chi connectivity index (χ1v) is 13.1. The van der Waals surface area contributed by atoms with Crippen LogP contribution >= 0.6 is 11.6 Å². The minimum Gasteiger partial charge on any atom is -0.497 e. The number of nitrogens with zero attached hydrogens (tertiary/aromatic N) is 3. The zero-order valence-corrected chi connectivity index (χ0v) is 22.3. The van der Waals surface area contributed by atoms with E-state index < -0.39 is 10.0 Å². The summed E-state index contributed by atoms with van der Waals surface area (Å²) in [6.07, 6.45) is 0.212. The third kappa shape index (κ3) is 5.78. The summed E-state index contributed by atoms with van der Waals surface area (Å²) in [7, 11) is 0.871. The van der Waals surface area contributed by atoms with Gasteiger partial charge in [-0.1, -0.05) is 23.7 Å². The summed E-state index contributed by atoms with van der Waals surface area (Å²) >= 11 is 6.12. The van der Waals surface area contributed by atoms with Crippen LogP contribution in [0.2, 0.25) is 5.02 Å². The number of nitrogens with one attached hydrogen (secondary N) is 2. The van der Waals surface area contributed by atoms with Gasteiger partial charge in [-0.15, -0.1) is 0 Å². The molecule has 4 rings (SSSR count). The van der Waals surface area contributed by atoms with Gasteiger partial charge < -0.3 is 14.4 Å².